The van der Waals surface area contributed by atoms with Crippen LogP contribution in [0.5, 0.6) is 0 Å². The lowest BCUT2D eigenvalue weighted by atomic mass is 10.2. The summed E-state index contributed by atoms with van der Waals surface area (Å²) in [7, 11) is 1.57. The average Bonchev–Trinajstić information content (AvgIpc) is 3.00. The van der Waals surface area contributed by atoms with E-state index in [4.69, 9.17) is 4.74 Å². The van der Waals surface area contributed by atoms with Crippen LogP contribution in [0.3, 0.4) is 0 Å². The fraction of sp³-hybridized carbons (Fsp3) is 0.643. The van der Waals surface area contributed by atoms with Crippen molar-refractivity contribution in [3.05, 3.63) is 17.8 Å². The van der Waals surface area contributed by atoms with E-state index in [9.17, 15) is 4.79 Å². The van der Waals surface area contributed by atoms with E-state index in [-0.39, 0.29) is 12.0 Å². The highest BCUT2D eigenvalue weighted by Crippen LogP contribution is 2.22. The van der Waals surface area contributed by atoms with Gasteiger partial charge in [0.2, 0.25) is 0 Å². The van der Waals surface area contributed by atoms with Gasteiger partial charge < -0.3 is 15.4 Å². The van der Waals surface area contributed by atoms with E-state index in [1.807, 2.05) is 0 Å². The molecule has 0 saturated carbocycles. The molecule has 3 heterocycles. The number of carbonyl (C=O) groups excluding carboxylic acids is 1. The number of hydrogen-bond donors (Lipinski definition) is 2. The molecule has 1 amide bonds. The van der Waals surface area contributed by atoms with Crippen molar-refractivity contribution in [3.8, 4) is 0 Å². The van der Waals surface area contributed by atoms with Crippen molar-refractivity contribution >= 4 is 11.7 Å². The molecule has 0 aliphatic carbocycles. The molecule has 7 heteroatoms. The summed E-state index contributed by atoms with van der Waals surface area (Å²) in [6.07, 6.45) is 2.72. The molecule has 2 aliphatic rings. The minimum atomic E-state index is -0.232. The summed E-state index contributed by atoms with van der Waals surface area (Å²) in [4.78, 5) is 13.9. The number of nitrogens with one attached hydrogen (secondary N) is 2. The number of hydrogen-bond acceptors (Lipinski definition) is 6. The second kappa shape index (κ2) is 6.36. The minimum absolute atomic E-state index is 0.180. The van der Waals surface area contributed by atoms with Crippen LogP contribution in [0, 0.1) is 0 Å². The zero-order chi connectivity index (χ0) is 14.7. The molecule has 2 unspecified atom stereocenters. The molecule has 3 rings (SSSR count). The number of anilines is 1. The van der Waals surface area contributed by atoms with E-state index >= 15 is 0 Å². The Kier molecular flexibility index (Phi) is 4.31. The molecule has 114 valence electrons. The highest BCUT2D eigenvalue weighted by Gasteiger charge is 2.31. The van der Waals surface area contributed by atoms with Gasteiger partial charge in [0.1, 0.15) is 5.82 Å². The Labute approximate surface area is 124 Å². The molecule has 2 N–H and O–H groups in total. The summed E-state index contributed by atoms with van der Waals surface area (Å²) in [6, 6.07) is 4.04. The van der Waals surface area contributed by atoms with E-state index in [1.165, 1.54) is 19.4 Å². The van der Waals surface area contributed by atoms with Crippen molar-refractivity contribution in [2.75, 3.05) is 38.6 Å². The molecule has 7 nitrogen and oxygen atoms in total. The topological polar surface area (TPSA) is 79.4 Å². The third-order valence-electron chi connectivity index (χ3n) is 4.10. The van der Waals surface area contributed by atoms with Gasteiger partial charge in [-0.1, -0.05) is 0 Å². The molecular weight excluding hydrogens is 270 g/mol. The lowest BCUT2D eigenvalue weighted by molar-refractivity contribution is -0.0416. The molecule has 2 aliphatic heterocycles. The predicted molar refractivity (Wildman–Crippen MR) is 78.2 cm³/mol. The van der Waals surface area contributed by atoms with Crippen molar-refractivity contribution in [3.63, 3.8) is 0 Å². The number of amides is 1. The summed E-state index contributed by atoms with van der Waals surface area (Å²) >= 11 is 0. The molecular formula is C14H21N5O2. The van der Waals surface area contributed by atoms with Crippen molar-refractivity contribution in [1.29, 1.82) is 0 Å². The second-order valence-electron chi connectivity index (χ2n) is 5.51. The number of fused-ring (bicyclic) bond motifs is 1. The number of ether oxygens (including phenoxy) is 1. The zero-order valence-corrected chi connectivity index (χ0v) is 12.2. The molecule has 0 aromatic carbocycles. The van der Waals surface area contributed by atoms with Crippen LogP contribution in [0.15, 0.2) is 12.1 Å². The number of nitrogens with zero attached hydrogens (tertiary/aromatic N) is 3. The third-order valence-corrected chi connectivity index (χ3v) is 4.10. The van der Waals surface area contributed by atoms with E-state index < -0.39 is 0 Å². The van der Waals surface area contributed by atoms with Crippen LogP contribution in [0.2, 0.25) is 0 Å². The van der Waals surface area contributed by atoms with Crippen molar-refractivity contribution < 1.29 is 9.53 Å². The lowest BCUT2D eigenvalue weighted by Gasteiger charge is -2.35. The number of aromatic nitrogens is 2. The van der Waals surface area contributed by atoms with Crippen molar-refractivity contribution in [1.82, 2.24) is 20.4 Å². The third kappa shape index (κ3) is 3.30. The molecule has 1 aromatic heterocycles. The molecule has 1 aromatic rings. The monoisotopic (exact) mass is 291 g/mol. The summed E-state index contributed by atoms with van der Waals surface area (Å²) in [5.74, 6) is 0.430. The summed E-state index contributed by atoms with van der Waals surface area (Å²) < 4.78 is 5.88. The van der Waals surface area contributed by atoms with Crippen LogP contribution >= 0.6 is 0 Å². The fourth-order valence-corrected chi connectivity index (χ4v) is 2.90. The summed E-state index contributed by atoms with van der Waals surface area (Å²) in [6.45, 7) is 3.69. The zero-order valence-electron chi connectivity index (χ0n) is 12.2. The predicted octanol–water partition coefficient (Wildman–Crippen LogP) is 0.111. The van der Waals surface area contributed by atoms with E-state index in [0.717, 1.165) is 13.2 Å². The second-order valence-corrected chi connectivity index (χ2v) is 5.51. The Bertz CT molecular complexity index is 493. The Morgan fingerprint density at radius 2 is 2.38 bits per heavy atom. The number of rotatable bonds is 4. The largest absolute Gasteiger partial charge is 0.373 e. The molecule has 0 radical (unpaired) electrons. The van der Waals surface area contributed by atoms with Crippen LogP contribution in [-0.4, -0.2) is 66.4 Å². The van der Waals surface area contributed by atoms with Gasteiger partial charge in [0.05, 0.1) is 12.7 Å². The first-order valence-corrected chi connectivity index (χ1v) is 7.41. The fourth-order valence-electron chi connectivity index (χ4n) is 2.90. The summed E-state index contributed by atoms with van der Waals surface area (Å²) in [5, 5.41) is 13.6. The highest BCUT2D eigenvalue weighted by atomic mass is 16.5. The molecule has 0 bridgehead atoms. The molecule has 0 spiro atoms. The van der Waals surface area contributed by atoms with Gasteiger partial charge >= 0.3 is 0 Å². The van der Waals surface area contributed by atoms with Crippen LogP contribution in [0.4, 0.5) is 5.82 Å². The minimum Gasteiger partial charge on any atom is -0.373 e. The molecule has 21 heavy (non-hydrogen) atoms. The Balaban J connectivity index is 1.50. The molecule has 2 atom stereocenters. The first-order valence-electron chi connectivity index (χ1n) is 7.41. The Hall–Kier alpha value is -1.73. The highest BCUT2D eigenvalue weighted by molar-refractivity contribution is 5.91. The quantitative estimate of drug-likeness (QED) is 0.820. The molecule has 2 fully saturated rings. The van der Waals surface area contributed by atoms with Crippen LogP contribution < -0.4 is 10.6 Å². The van der Waals surface area contributed by atoms with Gasteiger partial charge in [-0.15, -0.1) is 10.2 Å². The van der Waals surface area contributed by atoms with E-state index in [1.54, 1.807) is 19.2 Å². The normalized spacial score (nSPS) is 25.4. The van der Waals surface area contributed by atoms with E-state index in [0.29, 0.717) is 24.1 Å². The maximum atomic E-state index is 11.4. The maximum absolute atomic E-state index is 11.4. The van der Waals surface area contributed by atoms with Crippen molar-refractivity contribution in [2.45, 2.75) is 25.0 Å². The number of carbonyl (C=O) groups is 1. The van der Waals surface area contributed by atoms with Crippen LogP contribution in [0.25, 0.3) is 0 Å². The van der Waals surface area contributed by atoms with Crippen molar-refractivity contribution in [2.24, 2.45) is 0 Å². The maximum Gasteiger partial charge on any atom is 0.271 e. The smallest absolute Gasteiger partial charge is 0.271 e. The van der Waals surface area contributed by atoms with Gasteiger partial charge in [-0.3, -0.25) is 9.69 Å². The first kappa shape index (κ1) is 14.2. The van der Waals surface area contributed by atoms with Gasteiger partial charge in [0.25, 0.3) is 5.91 Å². The van der Waals surface area contributed by atoms with Gasteiger partial charge in [0, 0.05) is 26.2 Å². The Morgan fingerprint density at radius 1 is 1.48 bits per heavy atom. The standard InChI is InChI=1S/C14H21N5O2/c1-15-14(20)12-4-5-13(18-17-12)16-7-11-8-19-6-2-3-10(19)9-21-11/h4-5,10-11H,2-3,6-9H2,1H3,(H,15,20)(H,16,18). The lowest BCUT2D eigenvalue weighted by Crippen LogP contribution is -2.48. The average molecular weight is 291 g/mol. The van der Waals surface area contributed by atoms with Gasteiger partial charge in [0.15, 0.2) is 5.69 Å². The van der Waals surface area contributed by atoms with Crippen LogP contribution in [-0.2, 0) is 4.74 Å². The first-order chi connectivity index (χ1) is 10.3. The molecule has 2 saturated heterocycles. The summed E-state index contributed by atoms with van der Waals surface area (Å²) in [5.41, 5.74) is 0.317. The number of morpholine rings is 1. The van der Waals surface area contributed by atoms with Crippen LogP contribution in [0.1, 0.15) is 23.3 Å². The Morgan fingerprint density at radius 3 is 3.14 bits per heavy atom. The SMILES string of the molecule is CNC(=O)c1ccc(NCC2CN3CCCC3CO2)nn1. The van der Waals surface area contributed by atoms with Gasteiger partial charge in [-0.25, -0.2) is 0 Å². The van der Waals surface area contributed by atoms with Gasteiger partial charge in [-0.2, -0.15) is 0 Å². The van der Waals surface area contributed by atoms with E-state index in [2.05, 4.69) is 25.7 Å². The van der Waals surface area contributed by atoms with Gasteiger partial charge in [-0.05, 0) is 31.5 Å².